The number of fused-ring (bicyclic) bond motifs is 22. The average Bonchev–Trinajstić information content (AvgIpc) is 1.66. The summed E-state index contributed by atoms with van der Waals surface area (Å²) < 4.78 is 180. The third kappa shape index (κ3) is 11.8. The van der Waals surface area contributed by atoms with Crippen molar-refractivity contribution in [2.24, 2.45) is 0 Å². The predicted octanol–water partition coefficient (Wildman–Crippen LogP) is 31.4. The van der Waals surface area contributed by atoms with E-state index in [1.54, 1.807) is 4.57 Å². The molecule has 16 aromatic carbocycles. The van der Waals surface area contributed by atoms with E-state index in [1.807, 2.05) is 60.7 Å². The highest BCUT2D eigenvalue weighted by molar-refractivity contribution is 7.00. The van der Waals surface area contributed by atoms with Crippen molar-refractivity contribution in [3.63, 3.8) is 0 Å². The van der Waals surface area contributed by atoms with E-state index in [-0.39, 0.29) is 87.5 Å². The quantitative estimate of drug-likeness (QED) is 0.149. The van der Waals surface area contributed by atoms with Crippen LogP contribution in [-0.2, 0) is 32.5 Å². The van der Waals surface area contributed by atoms with Crippen molar-refractivity contribution in [1.82, 2.24) is 18.3 Å². The highest BCUT2D eigenvalue weighted by Gasteiger charge is 2.46. The molecule has 0 radical (unpaired) electrons. The molecule has 0 spiro atoms. The molecule has 630 valence electrons. The Kier molecular flexibility index (Phi) is 13.3. The van der Waals surface area contributed by atoms with Gasteiger partial charge >= 0.3 is 0 Å². The first-order valence-corrected chi connectivity index (χ1v) is 44.7. The van der Waals surface area contributed by atoms with Crippen molar-refractivity contribution in [1.29, 1.82) is 0 Å². The standard InChI is InChI=1S/C120H105BN6O2/c1-115(2,3)72-48-55-98-88(63-72)89-64-73(116(4,5)6)49-56-99(89)124(98)102-43-27-35-84-86-37-29-45-104(113(86)128-111(84)102)126-106-61-70(71-59-76(119(13,14)15)62-77(60-71)120(16,17)18)47-53-92(106)121-93-54-52-78(122-94-39-23-19-31-80(94)81-32-20-24-40-95(81)122)67-107(93)127(109-69-79(68-108(126)110(109)121)123-96-41-25-21-33-82(96)83-34-22-26-42-97(83)123)105-46-30-38-87-85-36-28-44-103(112(85)129-114(87)105)125-100-57-50-74(117(7,8)9)65-90(100)91-66-75(118(10,11)12)51-58-101(91)125/h19-69H,1-18H3/i19D,20D,21D,22D,23D,24D,25D,26D,31D,32D,33D,34D,39D,40D,41D,42D. The van der Waals surface area contributed by atoms with E-state index in [0.29, 0.717) is 72.8 Å². The number of aromatic nitrogens is 4. The van der Waals surface area contributed by atoms with Crippen molar-refractivity contribution in [2.75, 3.05) is 9.80 Å². The summed E-state index contributed by atoms with van der Waals surface area (Å²) in [4.78, 5) is 4.31. The molecular formula is C120H105BN6O2. The summed E-state index contributed by atoms with van der Waals surface area (Å²) in [6.45, 7) is 39.2. The Morgan fingerprint density at radius 2 is 0.535 bits per heavy atom. The Balaban J connectivity index is 0.877. The molecule has 0 unspecified atom stereocenters. The van der Waals surface area contributed by atoms with Gasteiger partial charge in [-0.25, -0.2) is 0 Å². The van der Waals surface area contributed by atoms with Crippen LogP contribution in [0.5, 0.6) is 0 Å². The molecule has 0 atom stereocenters. The molecule has 6 aromatic heterocycles. The Bertz CT molecular complexity index is 9310. The van der Waals surface area contributed by atoms with Crippen LogP contribution in [0.1, 0.15) is 180 Å². The minimum Gasteiger partial charge on any atom is -0.452 e. The van der Waals surface area contributed by atoms with Crippen LogP contribution >= 0.6 is 0 Å². The highest BCUT2D eigenvalue weighted by Crippen LogP contribution is 2.54. The second kappa shape index (κ2) is 27.3. The van der Waals surface area contributed by atoms with Crippen LogP contribution in [0.3, 0.4) is 0 Å². The number of furan rings is 2. The number of para-hydroxylation sites is 8. The highest BCUT2D eigenvalue weighted by atomic mass is 16.3. The van der Waals surface area contributed by atoms with Gasteiger partial charge in [0.05, 0.1) is 94.5 Å². The van der Waals surface area contributed by atoms with Crippen LogP contribution in [0.15, 0.2) is 318 Å². The SMILES string of the molecule is [2H]c1c([2H])c([2H])c2c(c1[2H])c1c([2H])c([2H])c([2H])c([2H])c1n2-c1ccc2c(c1)N(c1cccc3c1oc1c(-n4c5ccc(C(C)(C)C)cc5c5cc(C(C)(C)C)ccc54)cccc13)c1cc(-n3c4c([2H])c([2H])c([2H])c([2H])c4c4c([2H])c([2H])c([2H])c([2H])c43)cc3c1B2c1ccc(-c2cc(C(C)(C)C)cc(C(C)(C)C)c2)cc1N3c1cccc2c1oc1c(-n3c4ccc(C(C)(C)C)cc4c4cc(C(C)(C)C)ccc43)cccc12. The normalized spacial score (nSPS) is 15.3. The first-order valence-electron chi connectivity index (χ1n) is 52.7. The lowest BCUT2D eigenvalue weighted by Gasteiger charge is -2.44. The number of anilines is 6. The summed E-state index contributed by atoms with van der Waals surface area (Å²) in [6, 6.07) is 65.7. The Hall–Kier alpha value is -14.0. The molecule has 129 heavy (non-hydrogen) atoms. The van der Waals surface area contributed by atoms with Crippen LogP contribution in [0.2, 0.25) is 0 Å². The number of benzene rings is 16. The number of hydrogen-bond acceptors (Lipinski definition) is 4. The van der Waals surface area contributed by atoms with Crippen LogP contribution in [0.25, 0.3) is 165 Å². The largest absolute Gasteiger partial charge is 0.452 e. The monoisotopic (exact) mass is 1690 g/mol. The Morgan fingerprint density at radius 1 is 0.225 bits per heavy atom. The van der Waals surface area contributed by atoms with E-state index in [4.69, 9.17) is 8.83 Å². The van der Waals surface area contributed by atoms with Crippen LogP contribution < -0.4 is 26.2 Å². The molecule has 0 fully saturated rings. The van der Waals surface area contributed by atoms with Gasteiger partial charge in [0.2, 0.25) is 0 Å². The van der Waals surface area contributed by atoms with Crippen LogP contribution in [0.4, 0.5) is 34.1 Å². The van der Waals surface area contributed by atoms with E-state index >= 15 is 0 Å². The minimum atomic E-state index is -0.852. The number of hydrogen-bond donors (Lipinski definition) is 0. The van der Waals surface area contributed by atoms with Gasteiger partial charge in [0.25, 0.3) is 6.71 Å². The molecule has 0 bridgehead atoms. The van der Waals surface area contributed by atoms with E-state index in [0.717, 1.165) is 98.9 Å². The maximum Gasteiger partial charge on any atom is 0.252 e. The lowest BCUT2D eigenvalue weighted by atomic mass is 9.33. The first kappa shape index (κ1) is 63.0. The number of nitrogens with zero attached hydrogens (tertiary/aromatic N) is 6. The summed E-state index contributed by atoms with van der Waals surface area (Å²) in [5, 5.41) is 6.83. The van der Waals surface area contributed by atoms with Gasteiger partial charge in [-0.2, -0.15) is 0 Å². The molecule has 24 rings (SSSR count). The zero-order valence-corrected chi connectivity index (χ0v) is 75.8. The van der Waals surface area contributed by atoms with E-state index in [9.17, 15) is 21.9 Å². The predicted molar refractivity (Wildman–Crippen MR) is 550 cm³/mol. The van der Waals surface area contributed by atoms with E-state index in [1.165, 1.54) is 26.8 Å². The Labute approximate surface area is 776 Å². The molecule has 0 amide bonds. The second-order valence-electron chi connectivity index (χ2n) is 41.8. The second-order valence-corrected chi connectivity index (χ2v) is 41.8. The fraction of sp³-hybridized carbons (Fsp3) is 0.200. The lowest BCUT2D eigenvalue weighted by Crippen LogP contribution is -2.61. The first-order chi connectivity index (χ1) is 68.4. The summed E-state index contributed by atoms with van der Waals surface area (Å²) in [5.74, 6) is 0. The fourth-order valence-corrected chi connectivity index (χ4v) is 20.7. The van der Waals surface area contributed by atoms with Crippen LogP contribution in [0, 0.1) is 0 Å². The third-order valence-corrected chi connectivity index (χ3v) is 27.5. The zero-order chi connectivity index (χ0) is 102. The summed E-state index contributed by atoms with van der Waals surface area (Å²) in [6.07, 6.45) is 0. The molecule has 9 heteroatoms. The molecule has 8 heterocycles. The summed E-state index contributed by atoms with van der Waals surface area (Å²) in [7, 11) is 0. The van der Waals surface area contributed by atoms with Crippen molar-refractivity contribution in [2.45, 2.75) is 157 Å². The molecule has 0 saturated heterocycles. The summed E-state index contributed by atoms with van der Waals surface area (Å²) >= 11 is 0. The third-order valence-electron chi connectivity index (χ3n) is 27.5. The smallest absolute Gasteiger partial charge is 0.252 e. The molecule has 2 aliphatic rings. The molecule has 22 aromatic rings. The van der Waals surface area contributed by atoms with E-state index < -0.39 is 103 Å². The lowest BCUT2D eigenvalue weighted by molar-refractivity contribution is 0.569. The van der Waals surface area contributed by atoms with Crippen molar-refractivity contribution in [3.8, 4) is 33.9 Å². The Morgan fingerprint density at radius 3 is 0.891 bits per heavy atom. The summed E-state index contributed by atoms with van der Waals surface area (Å²) in [5.41, 5.74) is 19.8. The van der Waals surface area contributed by atoms with E-state index in [2.05, 4.69) is 295 Å². The number of rotatable bonds is 7. The molecular weight excluding hydrogens is 1570 g/mol. The van der Waals surface area contributed by atoms with Crippen molar-refractivity contribution >= 4 is 188 Å². The average molecular weight is 1690 g/mol. The van der Waals surface area contributed by atoms with Gasteiger partial charge in [0.15, 0.2) is 22.3 Å². The van der Waals surface area contributed by atoms with Gasteiger partial charge in [0.1, 0.15) is 0 Å². The van der Waals surface area contributed by atoms with Crippen molar-refractivity contribution < 1.29 is 30.8 Å². The van der Waals surface area contributed by atoms with Gasteiger partial charge in [-0.1, -0.05) is 306 Å². The molecule has 2 aliphatic heterocycles. The fourth-order valence-electron chi connectivity index (χ4n) is 20.7. The minimum absolute atomic E-state index is 0.107. The van der Waals surface area contributed by atoms with Gasteiger partial charge in [-0.05, 0) is 221 Å². The van der Waals surface area contributed by atoms with Gasteiger partial charge in [-0.15, -0.1) is 0 Å². The maximum atomic E-state index is 10.4. The topological polar surface area (TPSA) is 52.5 Å². The molecule has 0 N–H and O–H groups in total. The molecule has 0 saturated carbocycles. The molecule has 0 aliphatic carbocycles. The van der Waals surface area contributed by atoms with Gasteiger partial charge in [-0.3, -0.25) is 0 Å². The molecule has 8 nitrogen and oxygen atoms in total. The van der Waals surface area contributed by atoms with Crippen LogP contribution in [-0.4, -0.2) is 25.0 Å². The maximum absolute atomic E-state index is 10.4. The zero-order valence-electron chi connectivity index (χ0n) is 91.8. The van der Waals surface area contributed by atoms with Gasteiger partial charge < -0.3 is 36.9 Å². The van der Waals surface area contributed by atoms with Crippen molar-refractivity contribution in [3.05, 3.63) is 342 Å². The van der Waals surface area contributed by atoms with Gasteiger partial charge in [0, 0.05) is 93.1 Å².